The maximum absolute atomic E-state index is 13.3. The Labute approximate surface area is 201 Å². The summed E-state index contributed by atoms with van der Waals surface area (Å²) in [7, 11) is 0. The van der Waals surface area contributed by atoms with Crippen LogP contribution in [0.2, 0.25) is 0 Å². The van der Waals surface area contributed by atoms with Crippen molar-refractivity contribution in [2.24, 2.45) is 5.73 Å². The molecule has 0 saturated carbocycles. The van der Waals surface area contributed by atoms with Gasteiger partial charge in [-0.15, -0.1) is 21.5 Å². The summed E-state index contributed by atoms with van der Waals surface area (Å²) in [6.07, 6.45) is 2.40. The Morgan fingerprint density at radius 1 is 1.18 bits per heavy atom. The predicted octanol–water partition coefficient (Wildman–Crippen LogP) is 4.29. The summed E-state index contributed by atoms with van der Waals surface area (Å²) in [6.45, 7) is 4.51. The Kier molecular flexibility index (Phi) is 5.97. The summed E-state index contributed by atoms with van der Waals surface area (Å²) in [5.74, 6) is 0.441. The molecule has 0 bridgehead atoms. The van der Waals surface area contributed by atoms with Crippen LogP contribution in [-0.4, -0.2) is 37.5 Å². The number of hydrogen-bond acceptors (Lipinski definition) is 8. The molecule has 1 aliphatic heterocycles. The SMILES string of the molecule is Cc1csc([C@H]2CCCN2C(=O)c2cccc(-c3nnc([C@@](C)(N)Cc4ccccc4)o3)n2)n1. The number of hydrogen-bond donors (Lipinski definition) is 1. The molecule has 1 amide bonds. The van der Waals surface area contributed by atoms with Crippen LogP contribution >= 0.6 is 11.3 Å². The maximum atomic E-state index is 13.3. The smallest absolute Gasteiger partial charge is 0.273 e. The van der Waals surface area contributed by atoms with Gasteiger partial charge in [0.25, 0.3) is 11.8 Å². The Bertz CT molecular complexity index is 1300. The highest BCUT2D eigenvalue weighted by Crippen LogP contribution is 2.35. The van der Waals surface area contributed by atoms with Crippen molar-refractivity contribution in [1.82, 2.24) is 25.1 Å². The van der Waals surface area contributed by atoms with Crippen molar-refractivity contribution in [1.29, 1.82) is 0 Å². The second-order valence-corrected chi connectivity index (χ2v) is 9.77. The number of thiazole rings is 1. The lowest BCUT2D eigenvalue weighted by Gasteiger charge is -2.22. The van der Waals surface area contributed by atoms with E-state index in [1.165, 1.54) is 0 Å². The molecular weight excluding hydrogens is 448 g/mol. The maximum Gasteiger partial charge on any atom is 0.273 e. The van der Waals surface area contributed by atoms with E-state index in [1.807, 2.05) is 54.5 Å². The van der Waals surface area contributed by atoms with Crippen molar-refractivity contribution in [3.8, 4) is 11.6 Å². The zero-order valence-electron chi connectivity index (χ0n) is 19.1. The zero-order valence-corrected chi connectivity index (χ0v) is 20.0. The number of carbonyl (C=O) groups excluding carboxylic acids is 1. The van der Waals surface area contributed by atoms with Gasteiger partial charge in [-0.25, -0.2) is 9.97 Å². The molecule has 1 aromatic carbocycles. The largest absolute Gasteiger partial charge is 0.417 e. The van der Waals surface area contributed by atoms with Crippen LogP contribution in [0.25, 0.3) is 11.6 Å². The number of nitrogens with two attached hydrogens (primary N) is 1. The van der Waals surface area contributed by atoms with E-state index in [4.69, 9.17) is 10.2 Å². The number of benzene rings is 1. The summed E-state index contributed by atoms with van der Waals surface area (Å²) in [5.41, 5.74) is 8.52. The third-order valence-corrected chi connectivity index (χ3v) is 7.01. The summed E-state index contributed by atoms with van der Waals surface area (Å²) in [5, 5.41) is 11.3. The van der Waals surface area contributed by atoms with Gasteiger partial charge in [0.1, 0.15) is 16.4 Å². The van der Waals surface area contributed by atoms with E-state index in [-0.39, 0.29) is 17.8 Å². The summed E-state index contributed by atoms with van der Waals surface area (Å²) >= 11 is 1.60. The summed E-state index contributed by atoms with van der Waals surface area (Å²) in [4.78, 5) is 24.4. The first kappa shape index (κ1) is 22.4. The Balaban J connectivity index is 1.36. The topological polar surface area (TPSA) is 111 Å². The van der Waals surface area contributed by atoms with E-state index in [0.29, 0.717) is 30.2 Å². The quantitative estimate of drug-likeness (QED) is 0.444. The van der Waals surface area contributed by atoms with Gasteiger partial charge < -0.3 is 15.1 Å². The van der Waals surface area contributed by atoms with Gasteiger partial charge in [-0.05, 0) is 50.8 Å². The Morgan fingerprint density at radius 2 is 2.00 bits per heavy atom. The Hall–Kier alpha value is -3.43. The minimum absolute atomic E-state index is 0.0115. The molecule has 34 heavy (non-hydrogen) atoms. The van der Waals surface area contributed by atoms with Gasteiger partial charge in [0.2, 0.25) is 5.89 Å². The predicted molar refractivity (Wildman–Crippen MR) is 129 cm³/mol. The number of likely N-dealkylation sites (tertiary alicyclic amines) is 1. The molecule has 3 aromatic heterocycles. The van der Waals surface area contributed by atoms with Gasteiger partial charge in [-0.2, -0.15) is 0 Å². The van der Waals surface area contributed by atoms with Crippen LogP contribution < -0.4 is 5.73 Å². The number of amides is 1. The number of carbonyl (C=O) groups is 1. The highest BCUT2D eigenvalue weighted by atomic mass is 32.1. The summed E-state index contributed by atoms with van der Waals surface area (Å²) < 4.78 is 5.92. The molecule has 1 saturated heterocycles. The first-order chi connectivity index (χ1) is 16.4. The van der Waals surface area contributed by atoms with Gasteiger partial charge in [-0.1, -0.05) is 36.4 Å². The van der Waals surface area contributed by atoms with E-state index in [9.17, 15) is 4.79 Å². The van der Waals surface area contributed by atoms with E-state index in [2.05, 4.69) is 20.2 Å². The lowest BCUT2D eigenvalue weighted by Crippen LogP contribution is -2.35. The highest BCUT2D eigenvalue weighted by molar-refractivity contribution is 7.09. The van der Waals surface area contributed by atoms with Crippen LogP contribution in [0.3, 0.4) is 0 Å². The lowest BCUT2D eigenvalue weighted by molar-refractivity contribution is 0.0729. The zero-order chi connectivity index (χ0) is 23.7. The van der Waals surface area contributed by atoms with Crippen molar-refractivity contribution in [3.05, 3.63) is 81.8 Å². The van der Waals surface area contributed by atoms with Crippen molar-refractivity contribution in [3.63, 3.8) is 0 Å². The number of pyridine rings is 1. The van der Waals surface area contributed by atoms with Crippen molar-refractivity contribution < 1.29 is 9.21 Å². The van der Waals surface area contributed by atoms with Crippen LogP contribution in [0.4, 0.5) is 0 Å². The van der Waals surface area contributed by atoms with Crippen molar-refractivity contribution in [2.45, 2.75) is 44.7 Å². The molecule has 9 heteroatoms. The van der Waals surface area contributed by atoms with Crippen LogP contribution in [0, 0.1) is 6.92 Å². The summed E-state index contributed by atoms with van der Waals surface area (Å²) in [6, 6.07) is 15.2. The number of rotatable bonds is 6. The molecule has 0 radical (unpaired) electrons. The van der Waals surface area contributed by atoms with Crippen molar-refractivity contribution in [2.75, 3.05) is 6.54 Å². The fourth-order valence-corrected chi connectivity index (χ4v) is 5.21. The third kappa shape index (κ3) is 4.49. The van der Waals surface area contributed by atoms with Gasteiger partial charge >= 0.3 is 0 Å². The molecule has 0 spiro atoms. The highest BCUT2D eigenvalue weighted by Gasteiger charge is 2.33. The second kappa shape index (κ2) is 9.08. The molecule has 0 unspecified atom stereocenters. The molecule has 0 aliphatic carbocycles. The van der Waals surface area contributed by atoms with Gasteiger partial charge in [0.15, 0.2) is 0 Å². The average molecular weight is 475 g/mol. The molecule has 4 heterocycles. The minimum atomic E-state index is -0.839. The standard InChI is InChI=1S/C25H26N6O2S/c1-16-15-34-22(27-16)20-12-7-13-31(20)23(32)19-11-6-10-18(28-19)21-29-30-24(33-21)25(2,26)14-17-8-4-3-5-9-17/h3-6,8-11,15,20H,7,12-14,26H2,1-2H3/t20-,25+/m1/s1. The fourth-order valence-electron chi connectivity index (χ4n) is 4.26. The van der Waals surface area contributed by atoms with E-state index >= 15 is 0 Å². The number of aromatic nitrogens is 4. The molecule has 1 fully saturated rings. The van der Waals surface area contributed by atoms with Gasteiger partial charge in [0.05, 0.1) is 11.6 Å². The van der Waals surface area contributed by atoms with E-state index in [1.54, 1.807) is 29.5 Å². The molecule has 1 aliphatic rings. The normalized spacial score (nSPS) is 17.6. The lowest BCUT2D eigenvalue weighted by atomic mass is 9.94. The molecule has 174 valence electrons. The van der Waals surface area contributed by atoms with E-state index < -0.39 is 5.54 Å². The molecule has 8 nitrogen and oxygen atoms in total. The first-order valence-electron chi connectivity index (χ1n) is 11.3. The van der Waals surface area contributed by atoms with Crippen LogP contribution in [0.1, 0.15) is 58.5 Å². The fraction of sp³-hybridized carbons (Fsp3) is 0.320. The Morgan fingerprint density at radius 3 is 2.76 bits per heavy atom. The monoisotopic (exact) mass is 474 g/mol. The van der Waals surface area contributed by atoms with Crippen molar-refractivity contribution >= 4 is 17.2 Å². The van der Waals surface area contributed by atoms with Crippen LogP contribution in [0.15, 0.2) is 58.3 Å². The number of aryl methyl sites for hydroxylation is 1. The molecule has 2 atom stereocenters. The second-order valence-electron chi connectivity index (χ2n) is 8.88. The van der Waals surface area contributed by atoms with E-state index in [0.717, 1.165) is 29.1 Å². The van der Waals surface area contributed by atoms with Gasteiger partial charge in [-0.3, -0.25) is 4.79 Å². The third-order valence-electron chi connectivity index (χ3n) is 5.95. The first-order valence-corrected chi connectivity index (χ1v) is 12.2. The molecule has 2 N–H and O–H groups in total. The van der Waals surface area contributed by atoms with Crippen LogP contribution in [-0.2, 0) is 12.0 Å². The minimum Gasteiger partial charge on any atom is -0.417 e. The average Bonchev–Trinajstić information content (AvgIpc) is 3.59. The molecule has 4 aromatic rings. The number of nitrogens with zero attached hydrogens (tertiary/aromatic N) is 5. The van der Waals surface area contributed by atoms with Crippen LogP contribution in [0.5, 0.6) is 0 Å². The molecular formula is C25H26N6O2S. The van der Waals surface area contributed by atoms with Gasteiger partial charge in [0, 0.05) is 17.6 Å². The molecule has 5 rings (SSSR count).